The van der Waals surface area contributed by atoms with E-state index >= 15 is 0 Å². The fourth-order valence-electron chi connectivity index (χ4n) is 2.63. The summed E-state index contributed by atoms with van der Waals surface area (Å²) in [6.07, 6.45) is 9.71. The molecule has 0 saturated carbocycles. The van der Waals surface area contributed by atoms with E-state index in [1.807, 2.05) is 0 Å². The van der Waals surface area contributed by atoms with E-state index in [1.165, 1.54) is 71.1 Å². The third kappa shape index (κ3) is 5.31. The fraction of sp³-hybridized carbons (Fsp3) is 1.00. The van der Waals surface area contributed by atoms with Crippen LogP contribution in [-0.4, -0.2) is 37.1 Å². The first-order valence-corrected chi connectivity index (χ1v) is 7.33. The quantitative estimate of drug-likeness (QED) is 0.640. The maximum absolute atomic E-state index is 3.52. The summed E-state index contributed by atoms with van der Waals surface area (Å²) in [7, 11) is 0. The molecule has 0 spiro atoms. The lowest BCUT2D eigenvalue weighted by Gasteiger charge is -2.36. The number of piperazine rings is 1. The minimum Gasteiger partial charge on any atom is -0.314 e. The summed E-state index contributed by atoms with van der Waals surface area (Å²) >= 11 is 0. The van der Waals surface area contributed by atoms with Gasteiger partial charge in [0.05, 0.1) is 0 Å². The van der Waals surface area contributed by atoms with E-state index in [1.54, 1.807) is 0 Å². The second-order valence-electron chi connectivity index (χ2n) is 5.10. The van der Waals surface area contributed by atoms with Crippen LogP contribution < -0.4 is 5.32 Å². The number of hydrogen-bond acceptors (Lipinski definition) is 2. The zero-order valence-corrected chi connectivity index (χ0v) is 11.3. The minimum atomic E-state index is 0.810. The highest BCUT2D eigenvalue weighted by Crippen LogP contribution is 2.11. The van der Waals surface area contributed by atoms with Crippen molar-refractivity contribution in [2.24, 2.45) is 0 Å². The van der Waals surface area contributed by atoms with Crippen molar-refractivity contribution in [2.75, 3.05) is 26.2 Å². The van der Waals surface area contributed by atoms with E-state index in [-0.39, 0.29) is 0 Å². The van der Waals surface area contributed by atoms with E-state index in [2.05, 4.69) is 24.1 Å². The Labute approximate surface area is 102 Å². The van der Waals surface area contributed by atoms with Gasteiger partial charge in [-0.1, -0.05) is 46.0 Å². The average molecular weight is 226 g/mol. The van der Waals surface area contributed by atoms with Crippen LogP contribution in [0.4, 0.5) is 0 Å². The first kappa shape index (κ1) is 14.0. The first-order valence-electron chi connectivity index (χ1n) is 7.33. The average Bonchev–Trinajstić information content (AvgIpc) is 2.31. The number of rotatable bonds is 8. The van der Waals surface area contributed by atoms with Crippen molar-refractivity contribution in [3.8, 4) is 0 Å². The predicted octanol–water partition coefficient (Wildman–Crippen LogP) is 3.03. The van der Waals surface area contributed by atoms with Crippen molar-refractivity contribution in [3.05, 3.63) is 0 Å². The van der Waals surface area contributed by atoms with E-state index in [9.17, 15) is 0 Å². The SMILES string of the molecule is CCCCCCCN1CCNCC1CCC. The third-order valence-corrected chi connectivity index (χ3v) is 3.64. The van der Waals surface area contributed by atoms with Gasteiger partial charge in [0.1, 0.15) is 0 Å². The monoisotopic (exact) mass is 226 g/mol. The number of hydrogen-bond donors (Lipinski definition) is 1. The Morgan fingerprint density at radius 2 is 1.88 bits per heavy atom. The molecule has 0 aromatic rings. The molecule has 1 rings (SSSR count). The topological polar surface area (TPSA) is 15.3 Å². The van der Waals surface area contributed by atoms with Gasteiger partial charge in [0, 0.05) is 25.7 Å². The lowest BCUT2D eigenvalue weighted by molar-refractivity contribution is 0.149. The molecule has 1 aliphatic rings. The van der Waals surface area contributed by atoms with Crippen LogP contribution in [0.1, 0.15) is 58.8 Å². The molecule has 0 amide bonds. The van der Waals surface area contributed by atoms with Gasteiger partial charge >= 0.3 is 0 Å². The molecule has 1 saturated heterocycles. The molecule has 1 fully saturated rings. The van der Waals surface area contributed by atoms with Crippen LogP contribution in [0, 0.1) is 0 Å². The second-order valence-corrected chi connectivity index (χ2v) is 5.10. The largest absolute Gasteiger partial charge is 0.314 e. The second kappa shape index (κ2) is 9.00. The molecule has 2 nitrogen and oxygen atoms in total. The number of unbranched alkanes of at least 4 members (excludes halogenated alkanes) is 4. The standard InChI is InChI=1S/C14H30N2/c1-3-5-6-7-8-11-16-12-10-15-13-14(16)9-4-2/h14-15H,3-13H2,1-2H3. The summed E-state index contributed by atoms with van der Waals surface area (Å²) in [5.41, 5.74) is 0. The molecule has 1 unspecified atom stereocenters. The van der Waals surface area contributed by atoms with Gasteiger partial charge < -0.3 is 5.32 Å². The van der Waals surface area contributed by atoms with Crippen LogP contribution >= 0.6 is 0 Å². The zero-order chi connectivity index (χ0) is 11.6. The van der Waals surface area contributed by atoms with Gasteiger partial charge in [0.25, 0.3) is 0 Å². The number of nitrogens with one attached hydrogen (secondary N) is 1. The molecular weight excluding hydrogens is 196 g/mol. The smallest absolute Gasteiger partial charge is 0.0221 e. The van der Waals surface area contributed by atoms with Crippen LogP contribution in [0.25, 0.3) is 0 Å². The van der Waals surface area contributed by atoms with Gasteiger partial charge in [0.2, 0.25) is 0 Å². The molecule has 0 aromatic heterocycles. The number of nitrogens with zero attached hydrogens (tertiary/aromatic N) is 1. The van der Waals surface area contributed by atoms with Crippen molar-refractivity contribution in [2.45, 2.75) is 64.8 Å². The Morgan fingerprint density at radius 3 is 2.62 bits per heavy atom. The highest BCUT2D eigenvalue weighted by atomic mass is 15.2. The predicted molar refractivity (Wildman–Crippen MR) is 71.9 cm³/mol. The summed E-state index contributed by atoms with van der Waals surface area (Å²) in [5, 5.41) is 3.52. The van der Waals surface area contributed by atoms with E-state index in [0.29, 0.717) is 0 Å². The zero-order valence-electron chi connectivity index (χ0n) is 11.3. The van der Waals surface area contributed by atoms with Gasteiger partial charge in [0.15, 0.2) is 0 Å². The highest BCUT2D eigenvalue weighted by molar-refractivity contribution is 4.79. The molecule has 0 bridgehead atoms. The van der Waals surface area contributed by atoms with Gasteiger partial charge in [-0.05, 0) is 19.4 Å². The lowest BCUT2D eigenvalue weighted by Crippen LogP contribution is -2.51. The van der Waals surface area contributed by atoms with Gasteiger partial charge in [-0.25, -0.2) is 0 Å². The molecule has 1 N–H and O–H groups in total. The van der Waals surface area contributed by atoms with Gasteiger partial charge in [-0.15, -0.1) is 0 Å². The normalized spacial score (nSPS) is 22.5. The van der Waals surface area contributed by atoms with E-state index in [0.717, 1.165) is 6.04 Å². The van der Waals surface area contributed by atoms with Crippen LogP contribution in [0.15, 0.2) is 0 Å². The molecule has 1 atom stereocenters. The van der Waals surface area contributed by atoms with Gasteiger partial charge in [-0.3, -0.25) is 4.90 Å². The lowest BCUT2D eigenvalue weighted by atomic mass is 10.1. The van der Waals surface area contributed by atoms with Crippen LogP contribution in [0.3, 0.4) is 0 Å². The molecule has 1 heterocycles. The maximum Gasteiger partial charge on any atom is 0.0221 e. The summed E-state index contributed by atoms with van der Waals surface area (Å²) in [5.74, 6) is 0. The molecular formula is C14H30N2. The van der Waals surface area contributed by atoms with Crippen LogP contribution in [-0.2, 0) is 0 Å². The summed E-state index contributed by atoms with van der Waals surface area (Å²) < 4.78 is 0. The van der Waals surface area contributed by atoms with E-state index < -0.39 is 0 Å². The molecule has 2 heteroatoms. The summed E-state index contributed by atoms with van der Waals surface area (Å²) in [6, 6.07) is 0.810. The van der Waals surface area contributed by atoms with Crippen molar-refractivity contribution >= 4 is 0 Å². The molecule has 0 radical (unpaired) electrons. The Balaban J connectivity index is 2.11. The molecule has 1 aliphatic heterocycles. The minimum absolute atomic E-state index is 0.810. The summed E-state index contributed by atoms with van der Waals surface area (Å²) in [4.78, 5) is 2.71. The summed E-state index contributed by atoms with van der Waals surface area (Å²) in [6.45, 7) is 9.58. The van der Waals surface area contributed by atoms with Crippen molar-refractivity contribution in [1.29, 1.82) is 0 Å². The Bertz CT molecular complexity index is 157. The molecule has 0 aromatic carbocycles. The molecule has 16 heavy (non-hydrogen) atoms. The van der Waals surface area contributed by atoms with Crippen molar-refractivity contribution < 1.29 is 0 Å². The Hall–Kier alpha value is -0.0800. The molecule has 0 aliphatic carbocycles. The Morgan fingerprint density at radius 1 is 1.06 bits per heavy atom. The van der Waals surface area contributed by atoms with E-state index in [4.69, 9.17) is 0 Å². The maximum atomic E-state index is 3.52. The van der Waals surface area contributed by atoms with Gasteiger partial charge in [-0.2, -0.15) is 0 Å². The Kier molecular flexibility index (Phi) is 7.87. The fourth-order valence-corrected chi connectivity index (χ4v) is 2.63. The van der Waals surface area contributed by atoms with Crippen LogP contribution in [0.2, 0.25) is 0 Å². The third-order valence-electron chi connectivity index (χ3n) is 3.64. The molecule has 96 valence electrons. The van der Waals surface area contributed by atoms with Crippen molar-refractivity contribution in [1.82, 2.24) is 10.2 Å². The van der Waals surface area contributed by atoms with Crippen LogP contribution in [0.5, 0.6) is 0 Å². The highest BCUT2D eigenvalue weighted by Gasteiger charge is 2.20. The first-order chi connectivity index (χ1) is 7.88. The van der Waals surface area contributed by atoms with Crippen molar-refractivity contribution in [3.63, 3.8) is 0 Å².